The minimum atomic E-state index is -0.854. The number of amides is 1. The van der Waals surface area contributed by atoms with E-state index in [9.17, 15) is 9.90 Å². The zero-order valence-electron chi connectivity index (χ0n) is 11.0. The lowest BCUT2D eigenvalue weighted by atomic mass is 10.1. The Kier molecular flexibility index (Phi) is 3.10. The summed E-state index contributed by atoms with van der Waals surface area (Å²) in [6, 6.07) is 11.3. The Hall–Kier alpha value is -2.43. The number of anilines is 1. The normalized spacial score (nSPS) is 15.6. The van der Waals surface area contributed by atoms with Crippen LogP contribution in [0.1, 0.15) is 0 Å². The number of fused-ring (bicyclic) bond motifs is 1. The summed E-state index contributed by atoms with van der Waals surface area (Å²) in [5, 5.41) is 20.6. The van der Waals surface area contributed by atoms with Gasteiger partial charge in [0.15, 0.2) is 0 Å². The van der Waals surface area contributed by atoms with Crippen LogP contribution in [0.5, 0.6) is 5.75 Å². The van der Waals surface area contributed by atoms with Crippen LogP contribution in [0.4, 0.5) is 10.5 Å². The highest BCUT2D eigenvalue weighted by molar-refractivity contribution is 5.95. The Labute approximate surface area is 116 Å². The Bertz CT molecular complexity index is 649. The highest BCUT2D eigenvalue weighted by Gasteiger charge is 2.21. The predicted octanol–water partition coefficient (Wildman–Crippen LogP) is 2.35. The van der Waals surface area contributed by atoms with Gasteiger partial charge in [-0.2, -0.15) is 0 Å². The first-order valence-corrected chi connectivity index (χ1v) is 6.60. The smallest absolute Gasteiger partial charge is 0.407 e. The third kappa shape index (κ3) is 2.22. The second-order valence-corrected chi connectivity index (χ2v) is 4.94. The van der Waals surface area contributed by atoms with E-state index in [2.05, 4.69) is 4.90 Å². The van der Waals surface area contributed by atoms with Crippen LogP contribution in [0.15, 0.2) is 36.4 Å². The van der Waals surface area contributed by atoms with Crippen molar-refractivity contribution in [2.75, 3.05) is 31.1 Å². The number of hydrogen-bond donors (Lipinski definition) is 2. The molecule has 2 N–H and O–H groups in total. The fourth-order valence-corrected chi connectivity index (χ4v) is 2.67. The van der Waals surface area contributed by atoms with Gasteiger partial charge >= 0.3 is 6.09 Å². The molecule has 2 aromatic rings. The van der Waals surface area contributed by atoms with Crippen LogP contribution in [0.2, 0.25) is 0 Å². The molecule has 0 aliphatic carbocycles. The Balaban J connectivity index is 1.90. The van der Waals surface area contributed by atoms with Gasteiger partial charge < -0.3 is 20.0 Å². The second-order valence-electron chi connectivity index (χ2n) is 4.94. The lowest BCUT2D eigenvalue weighted by Crippen LogP contribution is -2.48. The first-order chi connectivity index (χ1) is 9.65. The number of phenolic OH excluding ortho intramolecular Hbond substituents is 1. The van der Waals surface area contributed by atoms with Gasteiger partial charge in [0.1, 0.15) is 5.75 Å². The van der Waals surface area contributed by atoms with E-state index in [1.807, 2.05) is 24.3 Å². The van der Waals surface area contributed by atoms with Crippen molar-refractivity contribution in [2.24, 2.45) is 0 Å². The molecule has 0 unspecified atom stereocenters. The number of benzene rings is 2. The van der Waals surface area contributed by atoms with Crippen molar-refractivity contribution in [2.45, 2.75) is 0 Å². The summed E-state index contributed by atoms with van der Waals surface area (Å²) in [6.45, 7) is 2.41. The lowest BCUT2D eigenvalue weighted by molar-refractivity contribution is 0.142. The van der Waals surface area contributed by atoms with E-state index in [0.29, 0.717) is 26.2 Å². The van der Waals surface area contributed by atoms with Gasteiger partial charge in [-0.1, -0.05) is 12.1 Å². The molecule has 0 bridgehead atoms. The first-order valence-electron chi connectivity index (χ1n) is 6.60. The molecule has 0 spiro atoms. The van der Waals surface area contributed by atoms with Crippen molar-refractivity contribution < 1.29 is 15.0 Å². The van der Waals surface area contributed by atoms with E-state index in [1.165, 1.54) is 4.90 Å². The van der Waals surface area contributed by atoms with Crippen LogP contribution in [-0.4, -0.2) is 47.4 Å². The third-order valence-corrected chi connectivity index (χ3v) is 3.73. The fraction of sp³-hybridized carbons (Fsp3) is 0.267. The Morgan fingerprint density at radius 3 is 2.50 bits per heavy atom. The van der Waals surface area contributed by atoms with Crippen molar-refractivity contribution >= 4 is 22.6 Å². The van der Waals surface area contributed by atoms with Gasteiger partial charge in [-0.3, -0.25) is 0 Å². The summed E-state index contributed by atoms with van der Waals surface area (Å²) in [4.78, 5) is 14.6. The molecular weight excluding hydrogens is 256 g/mol. The van der Waals surface area contributed by atoms with Gasteiger partial charge in [-0.05, 0) is 29.7 Å². The van der Waals surface area contributed by atoms with Crippen LogP contribution >= 0.6 is 0 Å². The summed E-state index contributed by atoms with van der Waals surface area (Å²) in [5.41, 5.74) is 1.09. The molecule has 0 saturated carbocycles. The van der Waals surface area contributed by atoms with Crippen molar-refractivity contribution in [3.63, 3.8) is 0 Å². The van der Waals surface area contributed by atoms with Crippen molar-refractivity contribution in [3.8, 4) is 5.75 Å². The minimum absolute atomic E-state index is 0.255. The van der Waals surface area contributed by atoms with Crippen molar-refractivity contribution in [3.05, 3.63) is 36.4 Å². The predicted molar refractivity (Wildman–Crippen MR) is 77.4 cm³/mol. The van der Waals surface area contributed by atoms with Gasteiger partial charge in [0, 0.05) is 37.3 Å². The molecule has 1 aliphatic rings. The molecule has 0 atom stereocenters. The maximum Gasteiger partial charge on any atom is 0.407 e. The number of piperazine rings is 1. The maximum atomic E-state index is 10.9. The molecule has 1 saturated heterocycles. The molecule has 1 amide bonds. The average Bonchev–Trinajstić information content (AvgIpc) is 2.46. The highest BCUT2D eigenvalue weighted by atomic mass is 16.4. The number of carbonyl (C=O) groups is 1. The standard InChI is InChI=1S/C15H16N2O3/c18-12-4-5-13-11(10-12)2-1-3-14(13)16-6-8-17(9-7-16)15(19)20/h1-5,10,18H,6-9H2,(H,19,20). The second kappa shape index (κ2) is 4.92. The average molecular weight is 272 g/mol. The topological polar surface area (TPSA) is 64.0 Å². The van der Waals surface area contributed by atoms with E-state index in [0.717, 1.165) is 16.5 Å². The quantitative estimate of drug-likeness (QED) is 0.836. The molecule has 5 heteroatoms. The number of rotatable bonds is 1. The summed E-state index contributed by atoms with van der Waals surface area (Å²) in [6.07, 6.45) is -0.854. The van der Waals surface area contributed by atoms with Crippen LogP contribution in [-0.2, 0) is 0 Å². The van der Waals surface area contributed by atoms with Crippen LogP contribution < -0.4 is 4.90 Å². The summed E-state index contributed by atoms with van der Waals surface area (Å²) in [5.74, 6) is 0.255. The number of nitrogens with zero attached hydrogens (tertiary/aromatic N) is 2. The Morgan fingerprint density at radius 1 is 1.05 bits per heavy atom. The van der Waals surface area contributed by atoms with Gasteiger partial charge in [0.25, 0.3) is 0 Å². The molecule has 1 aliphatic heterocycles. The zero-order chi connectivity index (χ0) is 14.1. The monoisotopic (exact) mass is 272 g/mol. The van der Waals surface area contributed by atoms with Crippen molar-refractivity contribution in [1.29, 1.82) is 0 Å². The van der Waals surface area contributed by atoms with Gasteiger partial charge in [0.05, 0.1) is 0 Å². The lowest BCUT2D eigenvalue weighted by Gasteiger charge is -2.35. The fourth-order valence-electron chi connectivity index (χ4n) is 2.67. The Morgan fingerprint density at radius 2 is 1.80 bits per heavy atom. The van der Waals surface area contributed by atoms with Gasteiger partial charge in [-0.15, -0.1) is 0 Å². The molecule has 5 nitrogen and oxygen atoms in total. The highest BCUT2D eigenvalue weighted by Crippen LogP contribution is 2.29. The van der Waals surface area contributed by atoms with Gasteiger partial charge in [0.2, 0.25) is 0 Å². The van der Waals surface area contributed by atoms with E-state index in [1.54, 1.807) is 12.1 Å². The van der Waals surface area contributed by atoms with Gasteiger partial charge in [-0.25, -0.2) is 4.79 Å². The molecular formula is C15H16N2O3. The molecule has 20 heavy (non-hydrogen) atoms. The van der Waals surface area contributed by atoms with E-state index < -0.39 is 6.09 Å². The summed E-state index contributed by atoms with van der Waals surface area (Å²) < 4.78 is 0. The minimum Gasteiger partial charge on any atom is -0.508 e. The molecule has 0 radical (unpaired) electrons. The number of hydrogen-bond acceptors (Lipinski definition) is 3. The van der Waals surface area contributed by atoms with E-state index >= 15 is 0 Å². The SMILES string of the molecule is O=C(O)N1CCN(c2cccc3cc(O)ccc23)CC1. The largest absolute Gasteiger partial charge is 0.508 e. The van der Waals surface area contributed by atoms with Crippen molar-refractivity contribution in [1.82, 2.24) is 4.90 Å². The van der Waals surface area contributed by atoms with Crippen LogP contribution in [0, 0.1) is 0 Å². The molecule has 1 fully saturated rings. The van der Waals surface area contributed by atoms with E-state index in [4.69, 9.17) is 5.11 Å². The number of phenols is 1. The summed E-state index contributed by atoms with van der Waals surface area (Å²) in [7, 11) is 0. The summed E-state index contributed by atoms with van der Waals surface area (Å²) >= 11 is 0. The number of aromatic hydroxyl groups is 1. The molecule has 0 aromatic heterocycles. The first kappa shape index (κ1) is 12.6. The van der Waals surface area contributed by atoms with Crippen LogP contribution in [0.25, 0.3) is 10.8 Å². The molecule has 1 heterocycles. The number of carboxylic acid groups (broad SMARTS) is 1. The molecule has 3 rings (SSSR count). The molecule has 104 valence electrons. The van der Waals surface area contributed by atoms with E-state index in [-0.39, 0.29) is 5.75 Å². The molecule has 2 aromatic carbocycles. The zero-order valence-corrected chi connectivity index (χ0v) is 11.0. The third-order valence-electron chi connectivity index (χ3n) is 3.73. The maximum absolute atomic E-state index is 10.9. The van der Waals surface area contributed by atoms with Crippen LogP contribution in [0.3, 0.4) is 0 Å².